The van der Waals surface area contributed by atoms with Gasteiger partial charge in [-0.25, -0.2) is 5.43 Å². The topological polar surface area (TPSA) is 53.2 Å². The molecule has 3 N–H and O–H groups in total. The Balaban J connectivity index is 1.65. The van der Waals surface area contributed by atoms with E-state index in [2.05, 4.69) is 16.2 Å². The normalized spacial score (nSPS) is 20.4. The third kappa shape index (κ3) is 4.18. The zero-order valence-corrected chi connectivity index (χ0v) is 13.3. The lowest BCUT2D eigenvalue weighted by molar-refractivity contribution is -0.137. The molecule has 0 spiro atoms. The summed E-state index contributed by atoms with van der Waals surface area (Å²) >= 11 is 0. The van der Waals surface area contributed by atoms with E-state index in [4.69, 9.17) is 0 Å². The summed E-state index contributed by atoms with van der Waals surface area (Å²) in [7, 11) is 0. The standard InChI is InChI=1S/C18H18F3N3O/c19-18(20,21)14-8-4-5-12(9-14)10-22-17(25)15-11-23-24-16(15)13-6-2-1-3-7-13/h1-9,15-16,23-24H,10-11H2,(H,22,25). The van der Waals surface area contributed by atoms with Crippen LogP contribution in [0.25, 0.3) is 0 Å². The summed E-state index contributed by atoms with van der Waals surface area (Å²) in [5.74, 6) is -0.544. The van der Waals surface area contributed by atoms with Crippen molar-refractivity contribution in [2.45, 2.75) is 18.8 Å². The van der Waals surface area contributed by atoms with Gasteiger partial charge in [0.25, 0.3) is 0 Å². The van der Waals surface area contributed by atoms with Crippen molar-refractivity contribution in [1.82, 2.24) is 16.2 Å². The van der Waals surface area contributed by atoms with Gasteiger partial charge in [0.1, 0.15) is 0 Å². The van der Waals surface area contributed by atoms with Crippen LogP contribution >= 0.6 is 0 Å². The lowest BCUT2D eigenvalue weighted by Crippen LogP contribution is -2.34. The molecule has 0 radical (unpaired) electrons. The zero-order valence-electron chi connectivity index (χ0n) is 13.3. The Morgan fingerprint density at radius 2 is 1.88 bits per heavy atom. The van der Waals surface area contributed by atoms with Crippen LogP contribution in [0.15, 0.2) is 54.6 Å². The van der Waals surface area contributed by atoms with Crippen LogP contribution in [-0.4, -0.2) is 12.5 Å². The molecule has 1 aliphatic rings. The van der Waals surface area contributed by atoms with E-state index in [1.807, 2.05) is 30.3 Å². The molecule has 132 valence electrons. The van der Waals surface area contributed by atoms with Crippen molar-refractivity contribution in [3.8, 4) is 0 Å². The van der Waals surface area contributed by atoms with Crippen molar-refractivity contribution in [2.24, 2.45) is 5.92 Å². The van der Waals surface area contributed by atoms with Gasteiger partial charge in [-0.1, -0.05) is 42.5 Å². The van der Waals surface area contributed by atoms with Crippen molar-refractivity contribution in [1.29, 1.82) is 0 Å². The van der Waals surface area contributed by atoms with E-state index in [1.165, 1.54) is 6.07 Å². The highest BCUT2D eigenvalue weighted by molar-refractivity contribution is 5.80. The Morgan fingerprint density at radius 1 is 1.12 bits per heavy atom. The first-order valence-electron chi connectivity index (χ1n) is 7.92. The number of hydrogen-bond donors (Lipinski definition) is 3. The maximum Gasteiger partial charge on any atom is 0.416 e. The van der Waals surface area contributed by atoms with Gasteiger partial charge >= 0.3 is 6.18 Å². The highest BCUT2D eigenvalue weighted by atomic mass is 19.4. The average molecular weight is 349 g/mol. The van der Waals surface area contributed by atoms with Crippen molar-refractivity contribution >= 4 is 5.91 Å². The second-order valence-electron chi connectivity index (χ2n) is 5.94. The van der Waals surface area contributed by atoms with Gasteiger partial charge in [-0.2, -0.15) is 13.2 Å². The molecule has 1 heterocycles. The van der Waals surface area contributed by atoms with E-state index in [1.54, 1.807) is 6.07 Å². The number of alkyl halides is 3. The molecule has 0 aromatic heterocycles. The SMILES string of the molecule is O=C(NCc1cccc(C(F)(F)F)c1)C1CNNC1c1ccccc1. The van der Waals surface area contributed by atoms with E-state index >= 15 is 0 Å². The fourth-order valence-electron chi connectivity index (χ4n) is 2.90. The Kier molecular flexibility index (Phi) is 5.06. The van der Waals surface area contributed by atoms with Crippen LogP contribution in [0.4, 0.5) is 13.2 Å². The highest BCUT2D eigenvalue weighted by Crippen LogP contribution is 2.29. The molecule has 2 unspecified atom stereocenters. The van der Waals surface area contributed by atoms with Crippen molar-refractivity contribution in [3.05, 3.63) is 71.3 Å². The molecule has 3 rings (SSSR count). The van der Waals surface area contributed by atoms with Gasteiger partial charge in [-0.05, 0) is 23.3 Å². The first-order valence-corrected chi connectivity index (χ1v) is 7.92. The quantitative estimate of drug-likeness (QED) is 0.796. The predicted molar refractivity (Wildman–Crippen MR) is 87.1 cm³/mol. The van der Waals surface area contributed by atoms with Crippen LogP contribution in [0.5, 0.6) is 0 Å². The molecule has 2 aromatic rings. The van der Waals surface area contributed by atoms with E-state index in [9.17, 15) is 18.0 Å². The van der Waals surface area contributed by atoms with Crippen LogP contribution in [0.3, 0.4) is 0 Å². The van der Waals surface area contributed by atoms with E-state index < -0.39 is 11.7 Å². The maximum absolute atomic E-state index is 12.7. The fraction of sp³-hybridized carbons (Fsp3) is 0.278. The summed E-state index contributed by atoms with van der Waals surface area (Å²) in [6.45, 7) is 0.509. The zero-order chi connectivity index (χ0) is 17.9. The number of hydrogen-bond acceptors (Lipinski definition) is 3. The summed E-state index contributed by atoms with van der Waals surface area (Å²) in [6, 6.07) is 14.3. The summed E-state index contributed by atoms with van der Waals surface area (Å²) in [5, 5.41) is 2.73. The molecule has 7 heteroatoms. The fourth-order valence-corrected chi connectivity index (χ4v) is 2.90. The lowest BCUT2D eigenvalue weighted by atomic mass is 9.94. The first kappa shape index (κ1) is 17.4. The molecule has 4 nitrogen and oxygen atoms in total. The lowest BCUT2D eigenvalue weighted by Gasteiger charge is -2.18. The van der Waals surface area contributed by atoms with Crippen molar-refractivity contribution in [2.75, 3.05) is 6.54 Å². The summed E-state index contributed by atoms with van der Waals surface area (Å²) < 4.78 is 38.2. The number of amides is 1. The highest BCUT2D eigenvalue weighted by Gasteiger charge is 2.34. The molecule has 2 aromatic carbocycles. The third-order valence-electron chi connectivity index (χ3n) is 4.20. The van der Waals surface area contributed by atoms with Gasteiger partial charge in [0.15, 0.2) is 0 Å². The molecule has 0 saturated carbocycles. The van der Waals surface area contributed by atoms with E-state index in [-0.39, 0.29) is 24.4 Å². The Labute approximate surface area is 143 Å². The van der Waals surface area contributed by atoms with Crippen LogP contribution in [0.2, 0.25) is 0 Å². The Bertz CT molecular complexity index is 734. The summed E-state index contributed by atoms with van der Waals surface area (Å²) in [5.41, 5.74) is 6.72. The van der Waals surface area contributed by atoms with Gasteiger partial charge in [-0.3, -0.25) is 10.2 Å². The summed E-state index contributed by atoms with van der Waals surface area (Å²) in [4.78, 5) is 12.5. The molecule has 0 bridgehead atoms. The number of rotatable bonds is 4. The van der Waals surface area contributed by atoms with Gasteiger partial charge in [0.05, 0.1) is 17.5 Å². The molecule has 1 saturated heterocycles. The van der Waals surface area contributed by atoms with Gasteiger partial charge < -0.3 is 5.32 Å². The third-order valence-corrected chi connectivity index (χ3v) is 4.20. The molecule has 25 heavy (non-hydrogen) atoms. The Hall–Kier alpha value is -2.38. The molecule has 2 atom stereocenters. The monoisotopic (exact) mass is 349 g/mol. The van der Waals surface area contributed by atoms with Gasteiger partial charge in [-0.15, -0.1) is 0 Å². The number of halogens is 3. The van der Waals surface area contributed by atoms with Crippen molar-refractivity contribution < 1.29 is 18.0 Å². The van der Waals surface area contributed by atoms with Gasteiger partial charge in [0.2, 0.25) is 5.91 Å². The van der Waals surface area contributed by atoms with Crippen molar-refractivity contribution in [3.63, 3.8) is 0 Å². The minimum absolute atomic E-state index is 0.0563. The van der Waals surface area contributed by atoms with E-state index in [0.717, 1.165) is 17.7 Å². The van der Waals surface area contributed by atoms with Crippen LogP contribution in [0.1, 0.15) is 22.7 Å². The second kappa shape index (κ2) is 7.25. The van der Waals surface area contributed by atoms with Crippen LogP contribution < -0.4 is 16.2 Å². The van der Waals surface area contributed by atoms with Gasteiger partial charge in [0, 0.05) is 13.1 Å². The molecule has 1 fully saturated rings. The van der Waals surface area contributed by atoms with Crippen LogP contribution in [-0.2, 0) is 17.5 Å². The first-order chi connectivity index (χ1) is 11.9. The number of nitrogens with one attached hydrogen (secondary N) is 3. The molecule has 0 aliphatic carbocycles. The molecular weight excluding hydrogens is 331 g/mol. The smallest absolute Gasteiger partial charge is 0.352 e. The summed E-state index contributed by atoms with van der Waals surface area (Å²) in [6.07, 6.45) is -4.39. The van der Waals surface area contributed by atoms with Crippen LogP contribution in [0, 0.1) is 5.92 Å². The molecule has 1 amide bonds. The maximum atomic E-state index is 12.7. The minimum atomic E-state index is -4.39. The minimum Gasteiger partial charge on any atom is -0.352 e. The molecule has 1 aliphatic heterocycles. The number of carbonyl (C=O) groups excluding carboxylic acids is 1. The number of hydrazine groups is 1. The second-order valence-corrected chi connectivity index (χ2v) is 5.94. The number of benzene rings is 2. The predicted octanol–water partition coefficient (Wildman–Crippen LogP) is 2.79. The number of carbonyl (C=O) groups is 1. The average Bonchev–Trinajstić information content (AvgIpc) is 3.10. The van der Waals surface area contributed by atoms with E-state index in [0.29, 0.717) is 12.1 Å². The Morgan fingerprint density at radius 3 is 2.60 bits per heavy atom. The largest absolute Gasteiger partial charge is 0.416 e. The molecular formula is C18H18F3N3O.